The Morgan fingerprint density at radius 2 is 1.64 bits per heavy atom. The van der Waals surface area contributed by atoms with E-state index in [4.69, 9.17) is 0 Å². The minimum atomic E-state index is -3.66. The number of rotatable bonds is 6. The molecule has 0 amide bonds. The summed E-state index contributed by atoms with van der Waals surface area (Å²) >= 11 is 0. The van der Waals surface area contributed by atoms with Crippen molar-refractivity contribution in [2.24, 2.45) is 5.92 Å². The van der Waals surface area contributed by atoms with Gasteiger partial charge in [0, 0.05) is 37.4 Å². The van der Waals surface area contributed by atoms with Crippen LogP contribution in [0.3, 0.4) is 0 Å². The molecule has 2 rings (SSSR count). The molecule has 1 heterocycles. The molecule has 0 spiro atoms. The predicted octanol–water partition coefficient (Wildman–Crippen LogP) is 2.10. The molecule has 1 aromatic carbocycles. The zero-order valence-electron chi connectivity index (χ0n) is 17.4. The van der Waals surface area contributed by atoms with E-state index in [0.717, 1.165) is 11.3 Å². The summed E-state index contributed by atoms with van der Waals surface area (Å²) in [6.07, 6.45) is 0.658. The van der Waals surface area contributed by atoms with E-state index in [1.165, 1.54) is 4.31 Å². The molecule has 0 aromatic heterocycles. The molecule has 1 fully saturated rings. The fourth-order valence-electron chi connectivity index (χ4n) is 2.77. The third-order valence-electron chi connectivity index (χ3n) is 4.54. The number of nitrogens with one attached hydrogen (secondary N) is 1. The van der Waals surface area contributed by atoms with Crippen LogP contribution in [0.1, 0.15) is 19.4 Å². The van der Waals surface area contributed by atoms with E-state index < -0.39 is 24.3 Å². The Kier molecular flexibility index (Phi) is 7.45. The lowest BCUT2D eigenvalue weighted by atomic mass is 10.1. The van der Waals surface area contributed by atoms with Crippen LogP contribution < -0.4 is 9.62 Å². The van der Waals surface area contributed by atoms with Crippen molar-refractivity contribution in [3.05, 3.63) is 29.8 Å². The Balaban J connectivity index is 1.98. The Morgan fingerprint density at radius 1 is 1.07 bits per heavy atom. The first-order valence-corrected chi connectivity index (χ1v) is 14.6. The van der Waals surface area contributed by atoms with Crippen LogP contribution in [0.15, 0.2) is 24.3 Å². The maximum atomic E-state index is 12.5. The van der Waals surface area contributed by atoms with Crippen LogP contribution in [0, 0.1) is 17.4 Å². The summed E-state index contributed by atoms with van der Waals surface area (Å²) < 4.78 is 29.0. The van der Waals surface area contributed by atoms with Gasteiger partial charge in [0.25, 0.3) is 10.2 Å². The van der Waals surface area contributed by atoms with Crippen LogP contribution in [0.4, 0.5) is 5.69 Å². The highest BCUT2D eigenvalue weighted by molar-refractivity contribution is 7.87. The first kappa shape index (κ1) is 22.6. The second kappa shape index (κ2) is 9.22. The van der Waals surface area contributed by atoms with Crippen molar-refractivity contribution in [3.63, 3.8) is 0 Å². The molecule has 154 valence electrons. The van der Waals surface area contributed by atoms with Gasteiger partial charge in [0.1, 0.15) is 14.4 Å². The van der Waals surface area contributed by atoms with Crippen molar-refractivity contribution in [1.29, 1.82) is 0 Å². The SMILES string of the molecule is CC(C)[C@H](C=O)NS(=O)(=O)N1CCN(c2ccc(C#C[Si](C)(C)C)cc2)CC1. The van der Waals surface area contributed by atoms with E-state index in [1.54, 1.807) is 0 Å². The van der Waals surface area contributed by atoms with Crippen LogP contribution in [-0.4, -0.2) is 59.3 Å². The molecule has 0 aliphatic carbocycles. The van der Waals surface area contributed by atoms with Crippen LogP contribution in [0.5, 0.6) is 0 Å². The van der Waals surface area contributed by atoms with Crippen LogP contribution in [0.25, 0.3) is 0 Å². The van der Waals surface area contributed by atoms with E-state index in [1.807, 2.05) is 38.1 Å². The molecule has 1 aliphatic rings. The summed E-state index contributed by atoms with van der Waals surface area (Å²) in [6.45, 7) is 12.3. The minimum absolute atomic E-state index is 0.0869. The molecule has 1 aliphatic heterocycles. The lowest BCUT2D eigenvalue weighted by Crippen LogP contribution is -2.54. The molecule has 0 saturated carbocycles. The Labute approximate surface area is 170 Å². The van der Waals surface area contributed by atoms with Gasteiger partial charge in [-0.1, -0.05) is 39.4 Å². The van der Waals surface area contributed by atoms with E-state index in [-0.39, 0.29) is 5.92 Å². The molecule has 0 bridgehead atoms. The number of carbonyl (C=O) groups is 1. The van der Waals surface area contributed by atoms with Crippen molar-refractivity contribution in [1.82, 2.24) is 9.03 Å². The third kappa shape index (κ3) is 6.45. The summed E-state index contributed by atoms with van der Waals surface area (Å²) in [5, 5.41) is 0. The van der Waals surface area contributed by atoms with E-state index in [2.05, 4.69) is 40.7 Å². The third-order valence-corrected chi connectivity index (χ3v) is 7.03. The number of hydrogen-bond donors (Lipinski definition) is 1. The lowest BCUT2D eigenvalue weighted by molar-refractivity contribution is -0.110. The zero-order chi connectivity index (χ0) is 20.9. The smallest absolute Gasteiger partial charge is 0.280 e. The summed E-state index contributed by atoms with van der Waals surface area (Å²) in [5.41, 5.74) is 5.43. The highest BCUT2D eigenvalue weighted by atomic mass is 32.2. The van der Waals surface area contributed by atoms with Crippen LogP contribution >= 0.6 is 0 Å². The quantitative estimate of drug-likeness (QED) is 0.434. The fraction of sp³-hybridized carbons (Fsp3) is 0.550. The highest BCUT2D eigenvalue weighted by Gasteiger charge is 2.29. The molecule has 1 aromatic rings. The topological polar surface area (TPSA) is 69.7 Å². The maximum Gasteiger partial charge on any atom is 0.280 e. The average Bonchev–Trinajstić information content (AvgIpc) is 2.64. The second-order valence-corrected chi connectivity index (χ2v) is 14.9. The van der Waals surface area contributed by atoms with Gasteiger partial charge in [-0.3, -0.25) is 0 Å². The largest absolute Gasteiger partial charge is 0.369 e. The number of hydrogen-bond acceptors (Lipinski definition) is 4. The predicted molar refractivity (Wildman–Crippen MR) is 117 cm³/mol. The van der Waals surface area contributed by atoms with Gasteiger partial charge >= 0.3 is 0 Å². The minimum Gasteiger partial charge on any atom is -0.369 e. The number of aldehydes is 1. The van der Waals surface area contributed by atoms with Gasteiger partial charge in [0.2, 0.25) is 0 Å². The molecule has 1 N–H and O–H groups in total. The van der Waals surface area contributed by atoms with Gasteiger partial charge < -0.3 is 9.69 Å². The summed E-state index contributed by atoms with van der Waals surface area (Å²) in [5.74, 6) is 3.16. The van der Waals surface area contributed by atoms with Gasteiger partial charge in [-0.2, -0.15) is 17.4 Å². The van der Waals surface area contributed by atoms with Gasteiger partial charge in [-0.25, -0.2) is 0 Å². The van der Waals surface area contributed by atoms with Crippen molar-refractivity contribution >= 4 is 30.3 Å². The molecule has 1 atom stereocenters. The van der Waals surface area contributed by atoms with Crippen LogP contribution in [-0.2, 0) is 15.0 Å². The Morgan fingerprint density at radius 3 is 2.11 bits per heavy atom. The monoisotopic (exact) mass is 421 g/mol. The van der Waals surface area contributed by atoms with Crippen molar-refractivity contribution < 1.29 is 13.2 Å². The number of piperazine rings is 1. The Hall–Kier alpha value is -1.66. The molecular weight excluding hydrogens is 390 g/mol. The van der Waals surface area contributed by atoms with Gasteiger partial charge in [0.05, 0.1) is 6.04 Å². The Bertz CT molecular complexity index is 828. The molecule has 0 unspecified atom stereocenters. The number of nitrogens with zero attached hydrogens (tertiary/aromatic N) is 2. The molecule has 6 nitrogen and oxygen atoms in total. The molecule has 8 heteroatoms. The van der Waals surface area contributed by atoms with E-state index in [0.29, 0.717) is 32.5 Å². The highest BCUT2D eigenvalue weighted by Crippen LogP contribution is 2.18. The fourth-order valence-corrected chi connectivity index (χ4v) is 4.75. The second-order valence-electron chi connectivity index (χ2n) is 8.46. The number of benzene rings is 1. The van der Waals surface area contributed by atoms with Gasteiger partial charge in [0.15, 0.2) is 0 Å². The van der Waals surface area contributed by atoms with Gasteiger partial charge in [-0.05, 0) is 30.2 Å². The summed E-state index contributed by atoms with van der Waals surface area (Å²) in [4.78, 5) is 13.3. The maximum absolute atomic E-state index is 12.5. The summed E-state index contributed by atoms with van der Waals surface area (Å²) in [6, 6.07) is 7.41. The van der Waals surface area contributed by atoms with Crippen molar-refractivity contribution in [3.8, 4) is 11.5 Å². The van der Waals surface area contributed by atoms with Gasteiger partial charge in [-0.15, -0.1) is 5.54 Å². The normalized spacial score (nSPS) is 17.1. The standard InChI is InChI=1S/C20H31N3O3SSi/c1-17(2)20(16-24)21-27(25,26)23-13-11-22(12-14-23)19-8-6-18(7-9-19)10-15-28(3,4)5/h6-9,16-17,20-21H,11-14H2,1-5H3/t20-/m0/s1. The lowest BCUT2D eigenvalue weighted by Gasteiger charge is -2.36. The number of carbonyl (C=O) groups excluding carboxylic acids is 1. The average molecular weight is 422 g/mol. The van der Waals surface area contributed by atoms with Crippen molar-refractivity contribution in [2.75, 3.05) is 31.1 Å². The van der Waals surface area contributed by atoms with Crippen molar-refractivity contribution in [2.45, 2.75) is 39.5 Å². The first-order chi connectivity index (χ1) is 13.0. The molecule has 0 radical (unpaired) electrons. The first-order valence-electron chi connectivity index (χ1n) is 9.63. The van der Waals surface area contributed by atoms with E-state index in [9.17, 15) is 13.2 Å². The molecular formula is C20H31N3O3SSi. The zero-order valence-corrected chi connectivity index (χ0v) is 19.2. The molecule has 1 saturated heterocycles. The summed E-state index contributed by atoms with van der Waals surface area (Å²) in [7, 11) is -5.06. The molecule has 28 heavy (non-hydrogen) atoms. The van der Waals surface area contributed by atoms with Crippen LogP contribution in [0.2, 0.25) is 19.6 Å². The number of anilines is 1. The van der Waals surface area contributed by atoms with E-state index >= 15 is 0 Å².